The zero-order valence-corrected chi connectivity index (χ0v) is 12.1. The lowest BCUT2D eigenvalue weighted by atomic mass is 10.2. The third-order valence-electron chi connectivity index (χ3n) is 3.41. The minimum Gasteiger partial charge on any atom is -0.333 e. The van der Waals surface area contributed by atoms with Crippen molar-refractivity contribution in [1.82, 2.24) is 20.2 Å². The van der Waals surface area contributed by atoms with E-state index in [2.05, 4.69) is 22.2 Å². The van der Waals surface area contributed by atoms with Crippen molar-refractivity contribution >= 4 is 17.2 Å². The highest BCUT2D eigenvalue weighted by molar-refractivity contribution is 7.16. The summed E-state index contributed by atoms with van der Waals surface area (Å²) in [5.74, 6) is 0.0804. The molecule has 20 heavy (non-hydrogen) atoms. The molecule has 6 heteroatoms. The Morgan fingerprint density at radius 1 is 1.45 bits per heavy atom. The lowest BCUT2D eigenvalue weighted by Crippen LogP contribution is -2.52. The van der Waals surface area contributed by atoms with E-state index in [1.54, 1.807) is 18.6 Å². The molecule has 0 saturated carbocycles. The van der Waals surface area contributed by atoms with E-state index < -0.39 is 0 Å². The van der Waals surface area contributed by atoms with Crippen molar-refractivity contribution < 1.29 is 4.79 Å². The van der Waals surface area contributed by atoms with E-state index in [9.17, 15) is 4.79 Å². The summed E-state index contributed by atoms with van der Waals surface area (Å²) in [5, 5.41) is 4.15. The van der Waals surface area contributed by atoms with E-state index in [4.69, 9.17) is 0 Å². The summed E-state index contributed by atoms with van der Waals surface area (Å²) in [4.78, 5) is 23.5. The van der Waals surface area contributed by atoms with Crippen LogP contribution in [0.25, 0.3) is 10.6 Å². The van der Waals surface area contributed by atoms with Crippen molar-refractivity contribution in [2.75, 3.05) is 19.6 Å². The number of thiazole rings is 1. The summed E-state index contributed by atoms with van der Waals surface area (Å²) < 4.78 is 0. The van der Waals surface area contributed by atoms with Crippen molar-refractivity contribution in [1.29, 1.82) is 0 Å². The fraction of sp³-hybridized carbons (Fsp3) is 0.357. The third kappa shape index (κ3) is 2.57. The first kappa shape index (κ1) is 13.2. The van der Waals surface area contributed by atoms with E-state index in [1.165, 1.54) is 11.3 Å². The van der Waals surface area contributed by atoms with Crippen LogP contribution in [0.3, 0.4) is 0 Å². The number of hydrogen-bond donors (Lipinski definition) is 1. The van der Waals surface area contributed by atoms with Gasteiger partial charge in [0.1, 0.15) is 9.88 Å². The maximum absolute atomic E-state index is 12.5. The van der Waals surface area contributed by atoms with E-state index in [0.717, 1.165) is 30.2 Å². The van der Waals surface area contributed by atoms with Gasteiger partial charge in [0.05, 0.1) is 6.20 Å². The van der Waals surface area contributed by atoms with E-state index in [-0.39, 0.29) is 11.9 Å². The number of nitrogens with one attached hydrogen (secondary N) is 1. The predicted octanol–water partition coefficient (Wildman–Crippen LogP) is 1.64. The lowest BCUT2D eigenvalue weighted by Gasteiger charge is -2.33. The fourth-order valence-corrected chi connectivity index (χ4v) is 3.16. The van der Waals surface area contributed by atoms with Crippen LogP contribution in [-0.4, -0.2) is 46.5 Å². The standard InChI is InChI=1S/C14H16N4OS/c1-10-8-16-6-7-18(10)14(19)12-9-17-13(20-12)11-2-4-15-5-3-11/h2-5,9-10,16H,6-8H2,1H3/t10-/m0/s1. The van der Waals surface area contributed by atoms with Crippen molar-refractivity contribution in [2.24, 2.45) is 0 Å². The smallest absolute Gasteiger partial charge is 0.265 e. The van der Waals surface area contributed by atoms with Gasteiger partial charge in [-0.25, -0.2) is 4.98 Å². The first-order valence-electron chi connectivity index (χ1n) is 6.63. The fourth-order valence-electron chi connectivity index (χ4n) is 2.29. The van der Waals surface area contributed by atoms with Gasteiger partial charge >= 0.3 is 0 Å². The quantitative estimate of drug-likeness (QED) is 0.912. The Morgan fingerprint density at radius 3 is 3.00 bits per heavy atom. The maximum atomic E-state index is 12.5. The monoisotopic (exact) mass is 288 g/mol. The van der Waals surface area contributed by atoms with Gasteiger partial charge in [0.2, 0.25) is 0 Å². The molecule has 0 unspecified atom stereocenters. The number of hydrogen-bond acceptors (Lipinski definition) is 5. The summed E-state index contributed by atoms with van der Waals surface area (Å²) in [5.41, 5.74) is 0.998. The highest BCUT2D eigenvalue weighted by Crippen LogP contribution is 2.25. The molecule has 0 aliphatic carbocycles. The third-order valence-corrected chi connectivity index (χ3v) is 4.44. The molecule has 1 aliphatic rings. The normalized spacial score (nSPS) is 19.1. The second-order valence-corrected chi connectivity index (χ2v) is 5.85. The minimum absolute atomic E-state index is 0.0804. The van der Waals surface area contributed by atoms with Crippen LogP contribution in [-0.2, 0) is 0 Å². The van der Waals surface area contributed by atoms with Crippen molar-refractivity contribution in [3.63, 3.8) is 0 Å². The number of aromatic nitrogens is 2. The van der Waals surface area contributed by atoms with Gasteiger partial charge in [0.15, 0.2) is 0 Å². The Balaban J connectivity index is 1.81. The largest absolute Gasteiger partial charge is 0.333 e. The molecular weight excluding hydrogens is 272 g/mol. The summed E-state index contributed by atoms with van der Waals surface area (Å²) in [6, 6.07) is 4.03. The minimum atomic E-state index is 0.0804. The Labute approximate surface area is 121 Å². The molecule has 5 nitrogen and oxygen atoms in total. The van der Waals surface area contributed by atoms with Gasteiger partial charge in [0.25, 0.3) is 5.91 Å². The van der Waals surface area contributed by atoms with E-state index in [1.807, 2.05) is 17.0 Å². The molecule has 1 saturated heterocycles. The topological polar surface area (TPSA) is 58.1 Å². The van der Waals surface area contributed by atoms with Crippen LogP contribution < -0.4 is 5.32 Å². The van der Waals surface area contributed by atoms with Gasteiger partial charge in [-0.2, -0.15) is 0 Å². The number of piperazine rings is 1. The van der Waals surface area contributed by atoms with Crippen LogP contribution >= 0.6 is 11.3 Å². The average Bonchev–Trinajstić information content (AvgIpc) is 2.98. The predicted molar refractivity (Wildman–Crippen MR) is 78.7 cm³/mol. The molecule has 2 aromatic rings. The molecule has 0 bridgehead atoms. The zero-order valence-electron chi connectivity index (χ0n) is 11.2. The average molecular weight is 288 g/mol. The van der Waals surface area contributed by atoms with Crippen LogP contribution in [0.5, 0.6) is 0 Å². The summed E-state index contributed by atoms with van der Waals surface area (Å²) >= 11 is 1.44. The first-order valence-corrected chi connectivity index (χ1v) is 7.45. The van der Waals surface area contributed by atoms with Gasteiger partial charge in [-0.05, 0) is 19.1 Å². The van der Waals surface area contributed by atoms with Gasteiger partial charge < -0.3 is 10.2 Å². The number of amides is 1. The number of carbonyl (C=O) groups is 1. The van der Waals surface area contributed by atoms with Gasteiger partial charge in [-0.3, -0.25) is 9.78 Å². The van der Waals surface area contributed by atoms with Crippen LogP contribution in [0.1, 0.15) is 16.6 Å². The van der Waals surface area contributed by atoms with Gasteiger partial charge in [-0.15, -0.1) is 11.3 Å². The molecule has 104 valence electrons. The molecule has 1 fully saturated rings. The lowest BCUT2D eigenvalue weighted by molar-refractivity contribution is 0.0660. The van der Waals surface area contributed by atoms with Crippen molar-refractivity contribution in [3.8, 4) is 10.6 Å². The summed E-state index contributed by atoms with van der Waals surface area (Å²) in [6.45, 7) is 4.52. The molecular formula is C14H16N4OS. The molecule has 0 radical (unpaired) electrons. The number of pyridine rings is 1. The molecule has 0 spiro atoms. The Kier molecular flexibility index (Phi) is 3.75. The Bertz CT molecular complexity index is 598. The highest BCUT2D eigenvalue weighted by atomic mass is 32.1. The SMILES string of the molecule is C[C@H]1CNCCN1C(=O)c1cnc(-c2ccncc2)s1. The molecule has 0 aromatic carbocycles. The molecule has 3 heterocycles. The van der Waals surface area contributed by atoms with Gasteiger partial charge in [-0.1, -0.05) is 0 Å². The number of rotatable bonds is 2. The number of nitrogens with zero attached hydrogens (tertiary/aromatic N) is 3. The molecule has 1 atom stereocenters. The number of carbonyl (C=O) groups excluding carboxylic acids is 1. The molecule has 2 aromatic heterocycles. The Hall–Kier alpha value is -1.79. The molecule has 1 N–H and O–H groups in total. The molecule has 3 rings (SSSR count). The maximum Gasteiger partial charge on any atom is 0.265 e. The summed E-state index contributed by atoms with van der Waals surface area (Å²) in [7, 11) is 0. The Morgan fingerprint density at radius 2 is 2.25 bits per heavy atom. The zero-order chi connectivity index (χ0) is 13.9. The highest BCUT2D eigenvalue weighted by Gasteiger charge is 2.25. The van der Waals surface area contributed by atoms with Crippen LogP contribution in [0.15, 0.2) is 30.7 Å². The second kappa shape index (κ2) is 5.68. The van der Waals surface area contributed by atoms with Crippen LogP contribution in [0.4, 0.5) is 0 Å². The summed E-state index contributed by atoms with van der Waals surface area (Å²) in [6.07, 6.45) is 5.14. The van der Waals surface area contributed by atoms with E-state index in [0.29, 0.717) is 4.88 Å². The van der Waals surface area contributed by atoms with Crippen molar-refractivity contribution in [3.05, 3.63) is 35.6 Å². The van der Waals surface area contributed by atoms with Crippen molar-refractivity contribution in [2.45, 2.75) is 13.0 Å². The first-order chi connectivity index (χ1) is 9.75. The van der Waals surface area contributed by atoms with Crippen LogP contribution in [0, 0.1) is 0 Å². The van der Waals surface area contributed by atoms with Gasteiger partial charge in [0, 0.05) is 43.6 Å². The van der Waals surface area contributed by atoms with E-state index >= 15 is 0 Å². The molecule has 1 aliphatic heterocycles. The second-order valence-electron chi connectivity index (χ2n) is 4.82. The van der Waals surface area contributed by atoms with Crippen LogP contribution in [0.2, 0.25) is 0 Å². The molecule has 1 amide bonds.